The average Bonchev–Trinajstić information content (AvgIpc) is 2.46. The summed E-state index contributed by atoms with van der Waals surface area (Å²) in [6, 6.07) is 15.7. The van der Waals surface area contributed by atoms with Crippen LogP contribution in [0.3, 0.4) is 0 Å². The van der Waals surface area contributed by atoms with Gasteiger partial charge in [0.15, 0.2) is 6.23 Å². The van der Waals surface area contributed by atoms with Gasteiger partial charge in [-0.3, -0.25) is 5.32 Å². The van der Waals surface area contributed by atoms with Crippen LogP contribution < -0.4 is 10.1 Å². The summed E-state index contributed by atoms with van der Waals surface area (Å²) in [5, 5.41) is 12.3. The molecule has 3 nitrogen and oxygen atoms in total. The molecule has 0 bridgehead atoms. The van der Waals surface area contributed by atoms with Gasteiger partial charge in [-0.1, -0.05) is 35.9 Å². The van der Waals surface area contributed by atoms with Crippen molar-refractivity contribution in [2.75, 3.05) is 7.05 Å². The van der Waals surface area contributed by atoms with Crippen molar-refractivity contribution < 1.29 is 9.84 Å². The zero-order chi connectivity index (χ0) is 13.7. The summed E-state index contributed by atoms with van der Waals surface area (Å²) >= 11 is 0. The molecule has 100 valence electrons. The van der Waals surface area contributed by atoms with Gasteiger partial charge in [0.1, 0.15) is 5.75 Å². The smallest absolute Gasteiger partial charge is 0.176 e. The topological polar surface area (TPSA) is 41.5 Å². The molecule has 1 unspecified atom stereocenters. The number of benzene rings is 2. The summed E-state index contributed by atoms with van der Waals surface area (Å²) < 4.78 is 5.91. The van der Waals surface area contributed by atoms with E-state index in [0.717, 1.165) is 16.9 Å². The summed E-state index contributed by atoms with van der Waals surface area (Å²) in [4.78, 5) is 0. The van der Waals surface area contributed by atoms with Gasteiger partial charge < -0.3 is 9.84 Å². The Morgan fingerprint density at radius 1 is 1.16 bits per heavy atom. The molecule has 2 aromatic rings. The average molecular weight is 257 g/mol. The van der Waals surface area contributed by atoms with Crippen molar-refractivity contribution in [3.05, 3.63) is 65.2 Å². The van der Waals surface area contributed by atoms with Crippen LogP contribution in [0, 0.1) is 6.92 Å². The number of nitrogens with one attached hydrogen (secondary N) is 1. The summed E-state index contributed by atoms with van der Waals surface area (Å²) in [5.41, 5.74) is 3.08. The molecule has 0 saturated carbocycles. The van der Waals surface area contributed by atoms with E-state index in [1.165, 1.54) is 5.56 Å². The fourth-order valence-electron chi connectivity index (χ4n) is 1.90. The Hall–Kier alpha value is -1.84. The quantitative estimate of drug-likeness (QED) is 0.809. The molecule has 0 spiro atoms. The molecule has 0 heterocycles. The third-order valence-corrected chi connectivity index (χ3v) is 2.97. The molecule has 2 rings (SSSR count). The van der Waals surface area contributed by atoms with E-state index in [2.05, 4.69) is 5.32 Å². The fourth-order valence-corrected chi connectivity index (χ4v) is 1.90. The van der Waals surface area contributed by atoms with Gasteiger partial charge in [0.25, 0.3) is 0 Å². The molecule has 0 aromatic heterocycles. The SMILES string of the molecule is CNC(Oc1ccc(C)cc1)c1cccc(CO)c1. The Kier molecular flexibility index (Phi) is 4.55. The Morgan fingerprint density at radius 3 is 2.53 bits per heavy atom. The van der Waals surface area contributed by atoms with Crippen molar-refractivity contribution in [1.82, 2.24) is 5.32 Å². The molecule has 0 saturated heterocycles. The minimum atomic E-state index is -0.228. The molecule has 19 heavy (non-hydrogen) atoms. The molecule has 0 aliphatic heterocycles. The van der Waals surface area contributed by atoms with Crippen LogP contribution in [0.1, 0.15) is 22.9 Å². The molecule has 0 aliphatic carbocycles. The van der Waals surface area contributed by atoms with Crippen LogP contribution in [0.5, 0.6) is 5.75 Å². The number of aliphatic hydroxyl groups excluding tert-OH is 1. The van der Waals surface area contributed by atoms with Gasteiger partial charge in [0.2, 0.25) is 0 Å². The first-order valence-electron chi connectivity index (χ1n) is 6.33. The maximum Gasteiger partial charge on any atom is 0.176 e. The van der Waals surface area contributed by atoms with Crippen molar-refractivity contribution >= 4 is 0 Å². The lowest BCUT2D eigenvalue weighted by atomic mass is 10.1. The molecule has 2 aromatic carbocycles. The molecule has 3 heteroatoms. The Morgan fingerprint density at radius 2 is 1.89 bits per heavy atom. The zero-order valence-electron chi connectivity index (χ0n) is 11.3. The second-order valence-electron chi connectivity index (χ2n) is 4.50. The highest BCUT2D eigenvalue weighted by atomic mass is 16.5. The number of aryl methyl sites for hydroxylation is 1. The van der Waals surface area contributed by atoms with Gasteiger partial charge in [0.05, 0.1) is 6.61 Å². The predicted molar refractivity (Wildman–Crippen MR) is 76.0 cm³/mol. The van der Waals surface area contributed by atoms with Crippen LogP contribution in [0.15, 0.2) is 48.5 Å². The maximum atomic E-state index is 9.18. The maximum absolute atomic E-state index is 9.18. The number of ether oxygens (including phenoxy) is 1. The number of aliphatic hydroxyl groups is 1. The predicted octanol–water partition coefficient (Wildman–Crippen LogP) is 2.78. The van der Waals surface area contributed by atoms with E-state index in [9.17, 15) is 5.11 Å². The van der Waals surface area contributed by atoms with Crippen molar-refractivity contribution in [2.45, 2.75) is 19.8 Å². The highest BCUT2D eigenvalue weighted by Gasteiger charge is 2.11. The van der Waals surface area contributed by atoms with Gasteiger partial charge in [-0.25, -0.2) is 0 Å². The van der Waals surface area contributed by atoms with Gasteiger partial charge in [-0.15, -0.1) is 0 Å². The van der Waals surface area contributed by atoms with Gasteiger partial charge >= 0.3 is 0 Å². The number of rotatable bonds is 5. The summed E-state index contributed by atoms with van der Waals surface area (Å²) in [7, 11) is 1.85. The summed E-state index contributed by atoms with van der Waals surface area (Å²) in [6.07, 6.45) is -0.228. The van der Waals surface area contributed by atoms with Crippen LogP contribution in [0.4, 0.5) is 0 Å². The van der Waals surface area contributed by atoms with Crippen LogP contribution >= 0.6 is 0 Å². The van der Waals surface area contributed by atoms with Crippen LogP contribution in [-0.4, -0.2) is 12.2 Å². The van der Waals surface area contributed by atoms with Crippen molar-refractivity contribution in [2.24, 2.45) is 0 Å². The number of hydrogen-bond donors (Lipinski definition) is 2. The third kappa shape index (κ3) is 3.56. The standard InChI is InChI=1S/C16H19NO2/c1-12-6-8-15(9-7-12)19-16(17-2)14-5-3-4-13(10-14)11-18/h3-10,16-18H,11H2,1-2H3. The van der Waals surface area contributed by atoms with Gasteiger partial charge in [0, 0.05) is 5.56 Å². The second-order valence-corrected chi connectivity index (χ2v) is 4.50. The van der Waals surface area contributed by atoms with E-state index < -0.39 is 0 Å². The second kappa shape index (κ2) is 6.36. The Labute approximate surface area is 113 Å². The lowest BCUT2D eigenvalue weighted by molar-refractivity contribution is 0.176. The molecule has 0 aliphatic rings. The molecule has 2 N–H and O–H groups in total. The first-order chi connectivity index (χ1) is 9.22. The molecule has 0 radical (unpaired) electrons. The minimum absolute atomic E-state index is 0.0365. The lowest BCUT2D eigenvalue weighted by Gasteiger charge is -2.19. The van der Waals surface area contributed by atoms with Crippen molar-refractivity contribution in [1.29, 1.82) is 0 Å². The normalized spacial score (nSPS) is 12.2. The highest BCUT2D eigenvalue weighted by molar-refractivity contribution is 5.29. The van der Waals surface area contributed by atoms with E-state index in [1.54, 1.807) is 0 Å². The number of hydrogen-bond acceptors (Lipinski definition) is 3. The Balaban J connectivity index is 2.17. The van der Waals surface area contributed by atoms with Crippen molar-refractivity contribution in [3.8, 4) is 5.75 Å². The largest absolute Gasteiger partial charge is 0.471 e. The van der Waals surface area contributed by atoms with E-state index in [1.807, 2.05) is 62.5 Å². The molecule has 1 atom stereocenters. The van der Waals surface area contributed by atoms with E-state index >= 15 is 0 Å². The van der Waals surface area contributed by atoms with Crippen LogP contribution in [0.25, 0.3) is 0 Å². The summed E-state index contributed by atoms with van der Waals surface area (Å²) in [6.45, 7) is 2.08. The van der Waals surface area contributed by atoms with Gasteiger partial charge in [-0.05, 0) is 37.7 Å². The fraction of sp³-hybridized carbons (Fsp3) is 0.250. The third-order valence-electron chi connectivity index (χ3n) is 2.97. The van der Waals surface area contributed by atoms with Crippen LogP contribution in [0.2, 0.25) is 0 Å². The molecule has 0 amide bonds. The first-order valence-corrected chi connectivity index (χ1v) is 6.33. The van der Waals surface area contributed by atoms with Crippen molar-refractivity contribution in [3.63, 3.8) is 0 Å². The monoisotopic (exact) mass is 257 g/mol. The Bertz CT molecular complexity index is 523. The molecule has 0 fully saturated rings. The lowest BCUT2D eigenvalue weighted by Crippen LogP contribution is -2.22. The minimum Gasteiger partial charge on any atom is -0.471 e. The zero-order valence-corrected chi connectivity index (χ0v) is 11.3. The molecular weight excluding hydrogens is 238 g/mol. The highest BCUT2D eigenvalue weighted by Crippen LogP contribution is 2.21. The summed E-state index contributed by atoms with van der Waals surface area (Å²) in [5.74, 6) is 0.819. The van der Waals surface area contributed by atoms with E-state index in [4.69, 9.17) is 4.74 Å². The first kappa shape index (κ1) is 13.6. The van der Waals surface area contributed by atoms with E-state index in [0.29, 0.717) is 0 Å². The van der Waals surface area contributed by atoms with Gasteiger partial charge in [-0.2, -0.15) is 0 Å². The van der Waals surface area contributed by atoms with E-state index in [-0.39, 0.29) is 12.8 Å². The molecular formula is C16H19NO2. The van der Waals surface area contributed by atoms with Crippen LogP contribution in [-0.2, 0) is 6.61 Å².